The number of aromatic nitrogens is 3. The zero-order valence-corrected chi connectivity index (χ0v) is 23.0. The van der Waals surface area contributed by atoms with E-state index in [4.69, 9.17) is 0 Å². The monoisotopic (exact) mass is 595 g/mol. The molecule has 0 bridgehead atoms. The first kappa shape index (κ1) is 28.5. The number of likely N-dealkylation sites (tertiary alicyclic amines) is 1. The number of rotatable bonds is 4. The van der Waals surface area contributed by atoms with E-state index in [-0.39, 0.29) is 36.1 Å². The zero-order chi connectivity index (χ0) is 30.5. The highest BCUT2D eigenvalue weighted by Crippen LogP contribution is 2.40. The van der Waals surface area contributed by atoms with E-state index in [2.05, 4.69) is 10.1 Å². The summed E-state index contributed by atoms with van der Waals surface area (Å²) in [6, 6.07) is 13.4. The van der Waals surface area contributed by atoms with Gasteiger partial charge >= 0.3 is 6.18 Å². The van der Waals surface area contributed by atoms with E-state index in [1.54, 1.807) is 36.1 Å². The number of aryl methyl sites for hydroxylation is 1. The summed E-state index contributed by atoms with van der Waals surface area (Å²) in [5.41, 5.74) is 0.153. The van der Waals surface area contributed by atoms with E-state index in [0.29, 0.717) is 43.1 Å². The largest absolute Gasteiger partial charge is 0.419 e. The second-order valence-corrected chi connectivity index (χ2v) is 10.8. The van der Waals surface area contributed by atoms with Gasteiger partial charge in [0.05, 0.1) is 16.9 Å². The van der Waals surface area contributed by atoms with Crippen molar-refractivity contribution < 1.29 is 31.5 Å². The number of benzene rings is 2. The molecule has 2 aliphatic heterocycles. The molecular formula is C31H26F5N5O2. The van der Waals surface area contributed by atoms with Crippen LogP contribution in [0.5, 0.6) is 0 Å². The normalized spacial score (nSPS) is 16.7. The Labute approximate surface area is 243 Å². The average Bonchev–Trinajstić information content (AvgIpc) is 3.55. The van der Waals surface area contributed by atoms with Crippen molar-refractivity contribution in [2.45, 2.75) is 37.9 Å². The van der Waals surface area contributed by atoms with Crippen LogP contribution in [0.2, 0.25) is 0 Å². The van der Waals surface area contributed by atoms with Crippen molar-refractivity contribution in [2.24, 2.45) is 0 Å². The van der Waals surface area contributed by atoms with Crippen molar-refractivity contribution in [2.75, 3.05) is 24.5 Å². The van der Waals surface area contributed by atoms with Crippen molar-refractivity contribution in [1.82, 2.24) is 19.7 Å². The van der Waals surface area contributed by atoms with Gasteiger partial charge in [0.25, 0.3) is 5.91 Å². The first-order valence-electron chi connectivity index (χ1n) is 13.7. The fraction of sp³-hybridized carbons (Fsp3) is 0.290. The van der Waals surface area contributed by atoms with Crippen molar-refractivity contribution in [3.63, 3.8) is 0 Å². The van der Waals surface area contributed by atoms with Crippen molar-refractivity contribution in [1.29, 1.82) is 0 Å². The number of ketones is 1. The fourth-order valence-electron chi connectivity index (χ4n) is 5.97. The third-order valence-corrected chi connectivity index (χ3v) is 8.25. The topological polar surface area (TPSA) is 71.3 Å². The van der Waals surface area contributed by atoms with Gasteiger partial charge in [-0.15, -0.1) is 0 Å². The highest BCUT2D eigenvalue weighted by atomic mass is 19.4. The number of hydrogen-bond acceptors (Lipinski definition) is 5. The second-order valence-electron chi connectivity index (χ2n) is 10.8. The number of carbonyl (C=O) groups is 2. The first-order valence-corrected chi connectivity index (χ1v) is 13.7. The Balaban J connectivity index is 1.30. The molecule has 2 aliphatic rings. The van der Waals surface area contributed by atoms with Crippen LogP contribution in [0.15, 0.2) is 66.9 Å². The molecule has 0 radical (unpaired) electrons. The summed E-state index contributed by atoms with van der Waals surface area (Å²) < 4.78 is 68.9. The van der Waals surface area contributed by atoms with E-state index < -0.39 is 29.0 Å². The molecule has 4 heterocycles. The Morgan fingerprint density at radius 1 is 0.907 bits per heavy atom. The molecule has 2 aromatic carbocycles. The van der Waals surface area contributed by atoms with E-state index in [1.165, 1.54) is 29.1 Å². The average molecular weight is 596 g/mol. The number of anilines is 1. The Morgan fingerprint density at radius 3 is 2.23 bits per heavy atom. The van der Waals surface area contributed by atoms with Crippen LogP contribution in [0.1, 0.15) is 41.0 Å². The van der Waals surface area contributed by atoms with Crippen LogP contribution in [0.4, 0.5) is 27.6 Å². The number of amides is 1. The van der Waals surface area contributed by atoms with Gasteiger partial charge in [-0.1, -0.05) is 0 Å². The number of piperidine rings is 1. The van der Waals surface area contributed by atoms with Gasteiger partial charge in [-0.05, 0) is 74.4 Å². The van der Waals surface area contributed by atoms with Crippen molar-refractivity contribution in [3.8, 4) is 16.9 Å². The highest BCUT2D eigenvalue weighted by Gasteiger charge is 2.50. The van der Waals surface area contributed by atoms with Gasteiger partial charge in [0.15, 0.2) is 11.5 Å². The quantitative estimate of drug-likeness (QED) is 0.271. The number of halogens is 5. The Morgan fingerprint density at radius 2 is 1.60 bits per heavy atom. The van der Waals surface area contributed by atoms with Crippen LogP contribution in [0, 0.1) is 18.6 Å². The fourth-order valence-corrected chi connectivity index (χ4v) is 5.97. The Bertz CT molecular complexity index is 1690. The van der Waals surface area contributed by atoms with Crippen molar-refractivity contribution >= 4 is 17.4 Å². The lowest BCUT2D eigenvalue weighted by atomic mass is 9.83. The molecule has 2 saturated heterocycles. The molecule has 1 spiro atoms. The molecule has 7 nitrogen and oxygen atoms in total. The highest BCUT2D eigenvalue weighted by molar-refractivity contribution is 5.97. The van der Waals surface area contributed by atoms with Gasteiger partial charge in [-0.25, -0.2) is 13.5 Å². The van der Waals surface area contributed by atoms with E-state index >= 15 is 0 Å². The van der Waals surface area contributed by atoms with E-state index in [9.17, 15) is 31.5 Å². The molecule has 0 N–H and O–H groups in total. The summed E-state index contributed by atoms with van der Waals surface area (Å²) in [5, 5.41) is 4.40. The standard InChI is InChI=1S/C31H26F5N5O2/c1-19-2-3-20(18-37-19)27-17-26(38-41(27)23-8-9-24(25(33)16-23)31(34,35)36)29(43)39-14-11-30(12-15-39)28(42)10-13-40(30)22-6-4-21(32)5-7-22/h2-9,16-18H,10-15H2,1H3. The maximum Gasteiger partial charge on any atom is 0.419 e. The number of carbonyl (C=O) groups excluding carboxylic acids is 2. The molecule has 4 aromatic rings. The number of nitrogens with zero attached hydrogens (tertiary/aromatic N) is 5. The van der Waals surface area contributed by atoms with Gasteiger partial charge < -0.3 is 9.80 Å². The SMILES string of the molecule is Cc1ccc(-c2cc(C(=O)N3CCC4(CC3)C(=O)CCN4c3ccc(F)cc3)nn2-c2ccc(C(F)(F)F)c(F)c2)cn1. The third kappa shape index (κ3) is 5.15. The molecule has 2 aromatic heterocycles. The Hall–Kier alpha value is -4.61. The lowest BCUT2D eigenvalue weighted by molar-refractivity contribution is -0.140. The summed E-state index contributed by atoms with van der Waals surface area (Å²) in [7, 11) is 0. The summed E-state index contributed by atoms with van der Waals surface area (Å²) in [5.74, 6) is -2.19. The number of alkyl halides is 3. The predicted octanol–water partition coefficient (Wildman–Crippen LogP) is 5.99. The number of Topliss-reactive ketones (excluding diaryl/α,β-unsaturated/α-hetero) is 1. The Kier molecular flexibility index (Phi) is 7.02. The maximum atomic E-state index is 14.5. The van der Waals surface area contributed by atoms with Crippen LogP contribution in [0.3, 0.4) is 0 Å². The maximum absolute atomic E-state index is 14.5. The molecular weight excluding hydrogens is 569 g/mol. The second kappa shape index (κ2) is 10.6. The van der Waals surface area contributed by atoms with Crippen LogP contribution >= 0.6 is 0 Å². The lowest BCUT2D eigenvalue weighted by Gasteiger charge is -2.44. The van der Waals surface area contributed by atoms with Gasteiger partial charge in [-0.3, -0.25) is 14.6 Å². The summed E-state index contributed by atoms with van der Waals surface area (Å²) in [4.78, 5) is 34.6. The van der Waals surface area contributed by atoms with Crippen LogP contribution in [-0.4, -0.2) is 56.5 Å². The molecule has 43 heavy (non-hydrogen) atoms. The zero-order valence-electron chi connectivity index (χ0n) is 23.0. The van der Waals surface area contributed by atoms with Gasteiger partial charge in [0, 0.05) is 55.3 Å². The summed E-state index contributed by atoms with van der Waals surface area (Å²) in [6.45, 7) is 2.80. The van der Waals surface area contributed by atoms with Gasteiger partial charge in [0.1, 0.15) is 17.2 Å². The lowest BCUT2D eigenvalue weighted by Crippen LogP contribution is -2.56. The van der Waals surface area contributed by atoms with Crippen LogP contribution < -0.4 is 4.90 Å². The molecule has 222 valence electrons. The smallest absolute Gasteiger partial charge is 0.358 e. The predicted molar refractivity (Wildman–Crippen MR) is 148 cm³/mol. The minimum absolute atomic E-state index is 0.00390. The third-order valence-electron chi connectivity index (χ3n) is 8.25. The van der Waals surface area contributed by atoms with E-state index in [1.807, 2.05) is 4.90 Å². The molecule has 0 saturated carbocycles. The minimum atomic E-state index is -4.86. The summed E-state index contributed by atoms with van der Waals surface area (Å²) in [6.07, 6.45) is -2.23. The van der Waals surface area contributed by atoms with Gasteiger partial charge in [0.2, 0.25) is 0 Å². The number of pyridine rings is 1. The molecule has 6 rings (SSSR count). The molecule has 2 fully saturated rings. The first-order chi connectivity index (χ1) is 20.5. The number of hydrogen-bond donors (Lipinski definition) is 0. The molecule has 0 atom stereocenters. The van der Waals surface area contributed by atoms with Crippen LogP contribution in [-0.2, 0) is 11.0 Å². The molecule has 0 unspecified atom stereocenters. The molecule has 1 amide bonds. The minimum Gasteiger partial charge on any atom is -0.358 e. The van der Waals surface area contributed by atoms with Gasteiger partial charge in [-0.2, -0.15) is 18.3 Å². The van der Waals surface area contributed by atoms with E-state index in [0.717, 1.165) is 23.5 Å². The summed E-state index contributed by atoms with van der Waals surface area (Å²) >= 11 is 0. The molecule has 0 aliphatic carbocycles. The van der Waals surface area contributed by atoms with Crippen LogP contribution in [0.25, 0.3) is 16.9 Å². The van der Waals surface area contributed by atoms with Crippen molar-refractivity contribution in [3.05, 3.63) is 95.4 Å². The molecule has 12 heteroatoms.